The number of carbonyl (C=O) groups is 1. The highest BCUT2D eigenvalue weighted by atomic mass is 16.2. The summed E-state index contributed by atoms with van der Waals surface area (Å²) in [4.78, 5) is 14.2. The average molecular weight is 260 g/mol. The third-order valence-electron chi connectivity index (χ3n) is 4.09. The van der Waals surface area contributed by atoms with Crippen LogP contribution >= 0.6 is 0 Å². The van der Waals surface area contributed by atoms with Crippen LogP contribution in [0.3, 0.4) is 0 Å². The Morgan fingerprint density at radius 2 is 2.37 bits per heavy atom. The quantitative estimate of drug-likeness (QED) is 0.855. The molecule has 0 aromatic carbocycles. The van der Waals surface area contributed by atoms with E-state index in [1.54, 1.807) is 0 Å². The first-order valence-corrected chi connectivity index (χ1v) is 6.95. The topological polar surface area (TPSA) is 50.2 Å². The van der Waals surface area contributed by atoms with Gasteiger partial charge in [0.15, 0.2) is 0 Å². The molecule has 1 atom stereocenters. The summed E-state index contributed by atoms with van der Waals surface area (Å²) in [6.45, 7) is 2.65. The van der Waals surface area contributed by atoms with Gasteiger partial charge in [0.25, 0.3) is 0 Å². The van der Waals surface area contributed by atoms with E-state index in [1.165, 1.54) is 11.3 Å². The summed E-state index contributed by atoms with van der Waals surface area (Å²) in [6, 6.07) is 2.12. The molecule has 0 spiro atoms. The van der Waals surface area contributed by atoms with Gasteiger partial charge in [-0.3, -0.25) is 14.4 Å². The number of nitrogens with one attached hydrogen (secondary N) is 1. The van der Waals surface area contributed by atoms with Gasteiger partial charge in [-0.15, -0.1) is 0 Å². The van der Waals surface area contributed by atoms with Crippen molar-refractivity contribution >= 4 is 11.5 Å². The fourth-order valence-corrected chi connectivity index (χ4v) is 2.99. The van der Waals surface area contributed by atoms with Crippen molar-refractivity contribution in [3.05, 3.63) is 24.0 Å². The predicted molar refractivity (Wildman–Crippen MR) is 73.4 cm³/mol. The van der Waals surface area contributed by atoms with Crippen molar-refractivity contribution in [2.24, 2.45) is 7.05 Å². The summed E-state index contributed by atoms with van der Waals surface area (Å²) in [5.74, 6) is 0.198. The summed E-state index contributed by atoms with van der Waals surface area (Å²) in [7, 11) is 1.97. The summed E-state index contributed by atoms with van der Waals surface area (Å²) < 4.78 is 1.91. The number of hydrogen-bond donors (Lipinski definition) is 1. The van der Waals surface area contributed by atoms with E-state index in [0.29, 0.717) is 0 Å². The molecule has 0 aliphatic carbocycles. The molecule has 3 heterocycles. The smallest absolute Gasteiger partial charge is 0.237 e. The lowest BCUT2D eigenvalue weighted by Gasteiger charge is -2.35. The largest absolute Gasteiger partial charge is 0.355 e. The minimum Gasteiger partial charge on any atom is -0.355 e. The fourth-order valence-electron chi connectivity index (χ4n) is 2.99. The van der Waals surface area contributed by atoms with Gasteiger partial charge in [-0.05, 0) is 30.9 Å². The van der Waals surface area contributed by atoms with E-state index in [0.717, 1.165) is 38.9 Å². The lowest BCUT2D eigenvalue weighted by molar-refractivity contribution is -0.128. The molecule has 0 bridgehead atoms. The van der Waals surface area contributed by atoms with Crippen molar-refractivity contribution < 1.29 is 4.79 Å². The van der Waals surface area contributed by atoms with Crippen LogP contribution in [0.4, 0.5) is 0 Å². The van der Waals surface area contributed by atoms with Crippen molar-refractivity contribution in [3.63, 3.8) is 0 Å². The van der Waals surface area contributed by atoms with Crippen LogP contribution in [0, 0.1) is 0 Å². The minimum atomic E-state index is 0.0677. The highest BCUT2D eigenvalue weighted by Crippen LogP contribution is 2.24. The highest BCUT2D eigenvalue weighted by Gasteiger charge is 2.29. The lowest BCUT2D eigenvalue weighted by atomic mass is 9.99. The molecule has 0 radical (unpaired) electrons. The van der Waals surface area contributed by atoms with E-state index in [9.17, 15) is 4.79 Å². The number of rotatable bonds is 2. The first-order chi connectivity index (χ1) is 9.25. The first kappa shape index (κ1) is 12.4. The minimum absolute atomic E-state index is 0.0677. The Kier molecular flexibility index (Phi) is 3.38. The van der Waals surface area contributed by atoms with Crippen LogP contribution < -0.4 is 5.32 Å². The summed E-state index contributed by atoms with van der Waals surface area (Å²) in [5, 5.41) is 7.17. The highest BCUT2D eigenvalue weighted by molar-refractivity contribution is 5.82. The standard InChI is InChI=1S/C14H20N4O/c1-17-12(4-8-16-17)11-5-9-18(10-6-11)13-3-2-7-15-14(13)19/h4-5,8,13H,2-3,6-7,9-10H2,1H3,(H,15,19). The number of nitrogens with zero attached hydrogens (tertiary/aromatic N) is 3. The molecule has 1 aromatic heterocycles. The van der Waals surface area contributed by atoms with Gasteiger partial charge in [0.05, 0.1) is 11.7 Å². The van der Waals surface area contributed by atoms with Crippen molar-refractivity contribution in [3.8, 4) is 0 Å². The number of aromatic nitrogens is 2. The van der Waals surface area contributed by atoms with E-state index in [2.05, 4.69) is 27.5 Å². The van der Waals surface area contributed by atoms with Crippen LogP contribution in [0.1, 0.15) is 25.0 Å². The SMILES string of the molecule is Cn1nccc1C1=CCN(C2CCCNC2=O)CC1. The number of amides is 1. The zero-order chi connectivity index (χ0) is 13.2. The van der Waals surface area contributed by atoms with Crippen LogP contribution in [-0.2, 0) is 11.8 Å². The maximum atomic E-state index is 11.9. The molecule has 5 heteroatoms. The zero-order valence-electron chi connectivity index (χ0n) is 11.3. The van der Waals surface area contributed by atoms with Crippen LogP contribution in [-0.4, -0.2) is 46.3 Å². The number of carbonyl (C=O) groups excluding carboxylic acids is 1. The number of piperidine rings is 1. The van der Waals surface area contributed by atoms with E-state index < -0.39 is 0 Å². The van der Waals surface area contributed by atoms with E-state index in [-0.39, 0.29) is 11.9 Å². The fraction of sp³-hybridized carbons (Fsp3) is 0.571. The molecular weight excluding hydrogens is 240 g/mol. The Balaban J connectivity index is 1.70. The van der Waals surface area contributed by atoms with Crippen LogP contribution in [0.25, 0.3) is 5.57 Å². The van der Waals surface area contributed by atoms with Gasteiger partial charge < -0.3 is 5.32 Å². The van der Waals surface area contributed by atoms with E-state index in [1.807, 2.05) is 17.9 Å². The Bertz CT molecular complexity index is 505. The molecule has 102 valence electrons. The molecule has 19 heavy (non-hydrogen) atoms. The van der Waals surface area contributed by atoms with Crippen LogP contribution in [0.5, 0.6) is 0 Å². The Morgan fingerprint density at radius 3 is 3.00 bits per heavy atom. The molecule has 2 aliphatic rings. The molecule has 1 aromatic rings. The summed E-state index contributed by atoms with van der Waals surface area (Å²) in [6.07, 6.45) is 7.13. The van der Waals surface area contributed by atoms with Gasteiger partial charge in [-0.1, -0.05) is 6.08 Å². The maximum Gasteiger partial charge on any atom is 0.237 e. The average Bonchev–Trinajstić information content (AvgIpc) is 2.86. The third kappa shape index (κ3) is 2.42. The van der Waals surface area contributed by atoms with Gasteiger partial charge in [0, 0.05) is 32.9 Å². The molecule has 1 fully saturated rings. The first-order valence-electron chi connectivity index (χ1n) is 6.95. The van der Waals surface area contributed by atoms with Crippen LogP contribution in [0.2, 0.25) is 0 Å². The molecule has 1 saturated heterocycles. The summed E-state index contributed by atoms with van der Waals surface area (Å²) in [5.41, 5.74) is 2.53. The molecule has 5 nitrogen and oxygen atoms in total. The van der Waals surface area contributed by atoms with Gasteiger partial charge in [-0.25, -0.2) is 0 Å². The zero-order valence-corrected chi connectivity index (χ0v) is 11.3. The Morgan fingerprint density at radius 1 is 1.47 bits per heavy atom. The maximum absolute atomic E-state index is 11.9. The van der Waals surface area contributed by atoms with Gasteiger partial charge in [0.1, 0.15) is 0 Å². The Labute approximate surface area is 113 Å². The predicted octanol–water partition coefficient (Wildman–Crippen LogP) is 0.788. The molecule has 2 aliphatic heterocycles. The van der Waals surface area contributed by atoms with E-state index >= 15 is 0 Å². The van der Waals surface area contributed by atoms with Crippen molar-refractivity contribution in [2.45, 2.75) is 25.3 Å². The van der Waals surface area contributed by atoms with Crippen molar-refractivity contribution in [1.29, 1.82) is 0 Å². The monoisotopic (exact) mass is 260 g/mol. The number of aryl methyl sites for hydroxylation is 1. The van der Waals surface area contributed by atoms with Crippen molar-refractivity contribution in [2.75, 3.05) is 19.6 Å². The van der Waals surface area contributed by atoms with Crippen molar-refractivity contribution in [1.82, 2.24) is 20.0 Å². The Hall–Kier alpha value is -1.62. The second-order valence-electron chi connectivity index (χ2n) is 5.26. The molecule has 1 unspecified atom stereocenters. The third-order valence-corrected chi connectivity index (χ3v) is 4.09. The molecule has 1 N–H and O–H groups in total. The van der Waals surface area contributed by atoms with Gasteiger partial charge >= 0.3 is 0 Å². The summed E-state index contributed by atoms with van der Waals surface area (Å²) >= 11 is 0. The molecule has 3 rings (SSSR count). The second-order valence-corrected chi connectivity index (χ2v) is 5.26. The normalized spacial score (nSPS) is 25.0. The van der Waals surface area contributed by atoms with E-state index in [4.69, 9.17) is 0 Å². The molecule has 0 saturated carbocycles. The van der Waals surface area contributed by atoms with Gasteiger partial charge in [0.2, 0.25) is 5.91 Å². The molecular formula is C14H20N4O. The van der Waals surface area contributed by atoms with Gasteiger partial charge in [-0.2, -0.15) is 5.10 Å². The van der Waals surface area contributed by atoms with Crippen LogP contribution in [0.15, 0.2) is 18.3 Å². The second kappa shape index (κ2) is 5.17. The molecule has 1 amide bonds. The number of hydrogen-bond acceptors (Lipinski definition) is 3. The lowest BCUT2D eigenvalue weighted by Crippen LogP contribution is -2.51.